The van der Waals surface area contributed by atoms with E-state index in [9.17, 15) is 0 Å². The van der Waals surface area contributed by atoms with Gasteiger partial charge in [-0.1, -0.05) is 6.07 Å². The molecule has 1 atom stereocenters. The number of nitrogens with zero attached hydrogens (tertiary/aromatic N) is 2. The van der Waals surface area contributed by atoms with Crippen LogP contribution in [0, 0.1) is 5.92 Å². The second kappa shape index (κ2) is 8.61. The minimum Gasteiger partial charge on any atom is -0.377 e. The number of rotatable bonds is 7. The van der Waals surface area contributed by atoms with Crippen molar-refractivity contribution in [2.45, 2.75) is 44.4 Å². The molecule has 140 valence electrons. The fourth-order valence-corrected chi connectivity index (χ4v) is 5.03. The van der Waals surface area contributed by atoms with E-state index >= 15 is 0 Å². The molecule has 26 heavy (non-hydrogen) atoms. The summed E-state index contributed by atoms with van der Waals surface area (Å²) < 4.78 is 12.2. The molecule has 0 amide bonds. The lowest BCUT2D eigenvalue weighted by Gasteiger charge is -2.42. The molecular weight excluding hydrogens is 344 g/mol. The first-order chi connectivity index (χ1) is 12.8. The number of thiophene rings is 1. The van der Waals surface area contributed by atoms with E-state index < -0.39 is 0 Å². The van der Waals surface area contributed by atoms with Gasteiger partial charge in [-0.15, -0.1) is 0 Å². The lowest BCUT2D eigenvalue weighted by Crippen LogP contribution is -2.47. The Bertz CT molecular complexity index is 654. The second-order valence-electron chi connectivity index (χ2n) is 7.51. The van der Waals surface area contributed by atoms with E-state index in [2.05, 4.69) is 32.8 Å². The first-order valence-electron chi connectivity index (χ1n) is 9.68. The Kier molecular flexibility index (Phi) is 6.00. The zero-order valence-corrected chi connectivity index (χ0v) is 16.1. The summed E-state index contributed by atoms with van der Waals surface area (Å²) in [5.41, 5.74) is 2.69. The fourth-order valence-electron chi connectivity index (χ4n) is 4.37. The van der Waals surface area contributed by atoms with Gasteiger partial charge in [0.05, 0.1) is 12.2 Å². The average molecular weight is 373 g/mol. The zero-order valence-electron chi connectivity index (χ0n) is 15.3. The molecule has 0 saturated carbocycles. The van der Waals surface area contributed by atoms with Crippen molar-refractivity contribution in [1.29, 1.82) is 0 Å². The van der Waals surface area contributed by atoms with Gasteiger partial charge < -0.3 is 9.47 Å². The largest absolute Gasteiger partial charge is 0.377 e. The first-order valence-corrected chi connectivity index (χ1v) is 10.6. The smallest absolute Gasteiger partial charge is 0.0736 e. The van der Waals surface area contributed by atoms with E-state index in [1.54, 1.807) is 17.5 Å². The van der Waals surface area contributed by atoms with Gasteiger partial charge >= 0.3 is 0 Å². The molecule has 4 nitrogen and oxygen atoms in total. The molecule has 2 aliphatic rings. The van der Waals surface area contributed by atoms with Crippen LogP contribution >= 0.6 is 11.3 Å². The number of hydrogen-bond acceptors (Lipinski definition) is 5. The second-order valence-corrected chi connectivity index (χ2v) is 8.29. The molecule has 1 spiro atoms. The maximum absolute atomic E-state index is 6.30. The van der Waals surface area contributed by atoms with Crippen LogP contribution in [0.5, 0.6) is 0 Å². The van der Waals surface area contributed by atoms with Crippen LogP contribution < -0.4 is 0 Å². The molecule has 4 heterocycles. The third-order valence-electron chi connectivity index (χ3n) is 5.89. The highest BCUT2D eigenvalue weighted by molar-refractivity contribution is 7.07. The van der Waals surface area contributed by atoms with Gasteiger partial charge in [0.2, 0.25) is 0 Å². The summed E-state index contributed by atoms with van der Waals surface area (Å²) in [6.45, 7) is 5.74. The molecule has 0 aromatic carbocycles. The summed E-state index contributed by atoms with van der Waals surface area (Å²) in [7, 11) is 0. The number of likely N-dealkylation sites (tertiary alicyclic amines) is 1. The van der Waals surface area contributed by atoms with Crippen molar-refractivity contribution in [3.63, 3.8) is 0 Å². The van der Waals surface area contributed by atoms with Crippen LogP contribution in [0.25, 0.3) is 0 Å². The van der Waals surface area contributed by atoms with Crippen molar-refractivity contribution in [3.8, 4) is 0 Å². The van der Waals surface area contributed by atoms with Gasteiger partial charge in [-0.2, -0.15) is 11.3 Å². The molecule has 5 heteroatoms. The van der Waals surface area contributed by atoms with Gasteiger partial charge in [0.15, 0.2) is 0 Å². The lowest BCUT2D eigenvalue weighted by molar-refractivity contribution is -0.0733. The summed E-state index contributed by atoms with van der Waals surface area (Å²) in [5.74, 6) is 0.639. The Balaban J connectivity index is 1.23. The predicted octanol–water partition coefficient (Wildman–Crippen LogP) is 4.12. The van der Waals surface area contributed by atoms with E-state index in [1.165, 1.54) is 12.0 Å². The number of piperidine rings is 1. The van der Waals surface area contributed by atoms with Crippen LogP contribution in [-0.2, 0) is 22.6 Å². The normalized spacial score (nSPS) is 22.8. The number of pyridine rings is 1. The monoisotopic (exact) mass is 372 g/mol. The average Bonchev–Trinajstić information content (AvgIpc) is 3.32. The molecule has 2 saturated heterocycles. The highest BCUT2D eigenvalue weighted by atomic mass is 32.1. The van der Waals surface area contributed by atoms with Crippen LogP contribution in [0.3, 0.4) is 0 Å². The Morgan fingerprint density at radius 2 is 2.19 bits per heavy atom. The topological polar surface area (TPSA) is 34.6 Å². The Hall–Kier alpha value is -1.27. The highest BCUT2D eigenvalue weighted by Gasteiger charge is 2.45. The summed E-state index contributed by atoms with van der Waals surface area (Å²) >= 11 is 1.79. The van der Waals surface area contributed by atoms with Gasteiger partial charge in [-0.05, 0) is 65.6 Å². The van der Waals surface area contributed by atoms with Gasteiger partial charge in [0.1, 0.15) is 0 Å². The molecule has 0 N–H and O–H groups in total. The molecule has 0 radical (unpaired) electrons. The molecule has 4 rings (SSSR count). The van der Waals surface area contributed by atoms with Gasteiger partial charge in [0, 0.05) is 45.2 Å². The Morgan fingerprint density at radius 1 is 1.27 bits per heavy atom. The van der Waals surface area contributed by atoms with Crippen LogP contribution in [0.15, 0.2) is 41.4 Å². The minimum atomic E-state index is 0.100. The zero-order chi connectivity index (χ0) is 17.7. The number of hydrogen-bond donors (Lipinski definition) is 0. The molecular formula is C21H28N2O2S. The molecule has 0 unspecified atom stereocenters. The van der Waals surface area contributed by atoms with Crippen molar-refractivity contribution < 1.29 is 9.47 Å². The SMILES string of the molecule is c1cncc(COCC[C@H]2CCOC23CCN(Cc2ccsc2)CC3)c1. The van der Waals surface area contributed by atoms with Crippen LogP contribution in [0.1, 0.15) is 36.8 Å². The Labute approximate surface area is 160 Å². The molecule has 2 aromatic rings. The fraction of sp³-hybridized carbons (Fsp3) is 0.571. The van der Waals surface area contributed by atoms with Crippen LogP contribution in [0.2, 0.25) is 0 Å². The van der Waals surface area contributed by atoms with Crippen molar-refractivity contribution in [2.24, 2.45) is 5.92 Å². The number of aromatic nitrogens is 1. The number of ether oxygens (including phenoxy) is 2. The van der Waals surface area contributed by atoms with Gasteiger partial charge in [-0.3, -0.25) is 9.88 Å². The summed E-state index contributed by atoms with van der Waals surface area (Å²) in [4.78, 5) is 6.71. The first kappa shape index (κ1) is 18.1. The van der Waals surface area contributed by atoms with Crippen molar-refractivity contribution in [1.82, 2.24) is 9.88 Å². The highest BCUT2D eigenvalue weighted by Crippen LogP contribution is 2.42. The maximum atomic E-state index is 6.30. The summed E-state index contributed by atoms with van der Waals surface area (Å²) in [5, 5.41) is 4.43. The third-order valence-corrected chi connectivity index (χ3v) is 6.62. The minimum absolute atomic E-state index is 0.100. The molecule has 0 aliphatic carbocycles. The van der Waals surface area contributed by atoms with Crippen molar-refractivity contribution in [2.75, 3.05) is 26.3 Å². The quantitative estimate of drug-likeness (QED) is 0.685. The van der Waals surface area contributed by atoms with E-state index in [4.69, 9.17) is 9.47 Å². The predicted molar refractivity (Wildman–Crippen MR) is 104 cm³/mol. The van der Waals surface area contributed by atoms with E-state index in [1.807, 2.05) is 12.3 Å². The molecule has 0 bridgehead atoms. The van der Waals surface area contributed by atoms with E-state index in [0.717, 1.165) is 57.7 Å². The van der Waals surface area contributed by atoms with Crippen molar-refractivity contribution in [3.05, 3.63) is 52.5 Å². The summed E-state index contributed by atoms with van der Waals surface area (Å²) in [6, 6.07) is 6.27. The molecule has 2 fully saturated rings. The third kappa shape index (κ3) is 4.34. The van der Waals surface area contributed by atoms with E-state index in [-0.39, 0.29) is 5.60 Å². The van der Waals surface area contributed by atoms with Gasteiger partial charge in [0.25, 0.3) is 0 Å². The van der Waals surface area contributed by atoms with Crippen LogP contribution in [-0.4, -0.2) is 41.8 Å². The maximum Gasteiger partial charge on any atom is 0.0736 e. The molecule has 2 aromatic heterocycles. The lowest BCUT2D eigenvalue weighted by atomic mass is 9.78. The van der Waals surface area contributed by atoms with Crippen LogP contribution in [0.4, 0.5) is 0 Å². The molecule has 2 aliphatic heterocycles. The summed E-state index contributed by atoms with van der Waals surface area (Å²) in [6.07, 6.45) is 8.28. The van der Waals surface area contributed by atoms with Crippen molar-refractivity contribution >= 4 is 11.3 Å². The standard InChI is InChI=1S/C21H28N2O2S/c1-2-18(14-22-8-1)16-24-11-3-20-4-12-25-21(20)6-9-23(10-7-21)15-19-5-13-26-17-19/h1-2,5,8,13-14,17,20H,3-4,6-7,9-12,15-16H2/t20-/m0/s1. The Morgan fingerprint density at radius 3 is 2.96 bits per heavy atom. The van der Waals surface area contributed by atoms with E-state index in [0.29, 0.717) is 12.5 Å². The van der Waals surface area contributed by atoms with Gasteiger partial charge in [-0.25, -0.2) is 0 Å².